The van der Waals surface area contributed by atoms with Gasteiger partial charge in [0, 0.05) is 7.05 Å². The average molecular weight is 290 g/mol. The Labute approximate surface area is 125 Å². The predicted octanol–water partition coefficient (Wildman–Crippen LogP) is 0.659. The molecule has 0 aliphatic carbocycles. The Morgan fingerprint density at radius 2 is 2.00 bits per heavy atom. The fourth-order valence-corrected chi connectivity index (χ4v) is 1.89. The van der Waals surface area contributed by atoms with Gasteiger partial charge in [-0.25, -0.2) is 0 Å². The van der Waals surface area contributed by atoms with Crippen LogP contribution in [0.5, 0.6) is 0 Å². The van der Waals surface area contributed by atoms with E-state index in [0.717, 1.165) is 17.2 Å². The molecule has 21 heavy (non-hydrogen) atoms. The lowest BCUT2D eigenvalue weighted by atomic mass is 10.0. The standard InChI is InChI=1S/C16H22N2O3/c1-4-16(21)18(3)10-15(20)17-14(11-19)9-13-7-5-12(2)6-8-13/h4-8,14,19H,1,9-11H2,2-3H3,(H,17,20). The summed E-state index contributed by atoms with van der Waals surface area (Å²) in [4.78, 5) is 24.4. The normalized spacial score (nSPS) is 11.6. The topological polar surface area (TPSA) is 69.6 Å². The maximum absolute atomic E-state index is 11.8. The number of carbonyl (C=O) groups excluding carboxylic acids is 2. The molecule has 1 atom stereocenters. The van der Waals surface area contributed by atoms with Crippen LogP contribution in [0.15, 0.2) is 36.9 Å². The number of amides is 2. The third kappa shape index (κ3) is 5.79. The first-order valence-electron chi connectivity index (χ1n) is 6.79. The molecule has 0 saturated carbocycles. The number of nitrogens with one attached hydrogen (secondary N) is 1. The first-order chi connectivity index (χ1) is 9.96. The zero-order chi connectivity index (χ0) is 15.8. The van der Waals surface area contributed by atoms with Crippen molar-refractivity contribution in [1.29, 1.82) is 0 Å². The highest BCUT2D eigenvalue weighted by Gasteiger charge is 2.15. The minimum atomic E-state index is -0.368. The van der Waals surface area contributed by atoms with Crippen LogP contribution in [0.2, 0.25) is 0 Å². The van der Waals surface area contributed by atoms with Gasteiger partial charge in [0.15, 0.2) is 0 Å². The molecule has 5 heteroatoms. The maximum Gasteiger partial charge on any atom is 0.246 e. The molecule has 0 bridgehead atoms. The summed E-state index contributed by atoms with van der Waals surface area (Å²) in [6, 6.07) is 7.55. The van der Waals surface area contributed by atoms with E-state index in [2.05, 4.69) is 11.9 Å². The van der Waals surface area contributed by atoms with Crippen LogP contribution in [0.25, 0.3) is 0 Å². The Balaban J connectivity index is 2.53. The zero-order valence-corrected chi connectivity index (χ0v) is 12.5. The Morgan fingerprint density at radius 1 is 1.38 bits per heavy atom. The third-order valence-corrected chi connectivity index (χ3v) is 3.12. The summed E-state index contributed by atoms with van der Waals surface area (Å²) >= 11 is 0. The molecular formula is C16H22N2O3. The van der Waals surface area contributed by atoms with Crippen molar-refractivity contribution in [2.45, 2.75) is 19.4 Å². The quantitative estimate of drug-likeness (QED) is 0.725. The minimum Gasteiger partial charge on any atom is -0.394 e. The summed E-state index contributed by atoms with van der Waals surface area (Å²) in [6.45, 7) is 5.15. The summed E-state index contributed by atoms with van der Waals surface area (Å²) in [5.74, 6) is -0.622. The van der Waals surface area contributed by atoms with Gasteiger partial charge in [0.05, 0.1) is 19.2 Å². The highest BCUT2D eigenvalue weighted by atomic mass is 16.3. The van der Waals surface area contributed by atoms with Crippen molar-refractivity contribution >= 4 is 11.8 Å². The summed E-state index contributed by atoms with van der Waals surface area (Å²) in [5.41, 5.74) is 2.20. The first kappa shape index (κ1) is 16.9. The molecule has 0 aliphatic heterocycles. The number of benzene rings is 1. The highest BCUT2D eigenvalue weighted by Crippen LogP contribution is 2.06. The van der Waals surface area contributed by atoms with Crippen molar-refractivity contribution in [2.75, 3.05) is 20.2 Å². The molecule has 0 aliphatic rings. The van der Waals surface area contributed by atoms with Gasteiger partial charge >= 0.3 is 0 Å². The van der Waals surface area contributed by atoms with Crippen LogP contribution in [0, 0.1) is 6.92 Å². The van der Waals surface area contributed by atoms with E-state index in [1.54, 1.807) is 0 Å². The number of hydrogen-bond donors (Lipinski definition) is 2. The van der Waals surface area contributed by atoms with Gasteiger partial charge in [-0.3, -0.25) is 9.59 Å². The molecular weight excluding hydrogens is 268 g/mol. The van der Waals surface area contributed by atoms with E-state index in [0.29, 0.717) is 6.42 Å². The second-order valence-corrected chi connectivity index (χ2v) is 5.04. The van der Waals surface area contributed by atoms with E-state index in [9.17, 15) is 14.7 Å². The molecule has 0 fully saturated rings. The largest absolute Gasteiger partial charge is 0.394 e. The van der Waals surface area contributed by atoms with E-state index in [1.165, 1.54) is 11.9 Å². The molecule has 1 aromatic rings. The molecule has 1 rings (SSSR count). The van der Waals surface area contributed by atoms with E-state index >= 15 is 0 Å². The molecule has 0 heterocycles. The molecule has 0 spiro atoms. The van der Waals surface area contributed by atoms with Gasteiger partial charge in [-0.15, -0.1) is 0 Å². The molecule has 2 amide bonds. The summed E-state index contributed by atoms with van der Waals surface area (Å²) < 4.78 is 0. The molecule has 0 radical (unpaired) electrons. The smallest absolute Gasteiger partial charge is 0.246 e. The summed E-state index contributed by atoms with van der Waals surface area (Å²) in [7, 11) is 1.53. The van der Waals surface area contributed by atoms with E-state index < -0.39 is 0 Å². The zero-order valence-electron chi connectivity index (χ0n) is 12.5. The van der Waals surface area contributed by atoms with Crippen LogP contribution >= 0.6 is 0 Å². The van der Waals surface area contributed by atoms with Crippen molar-refractivity contribution in [3.05, 3.63) is 48.0 Å². The van der Waals surface area contributed by atoms with Crippen molar-refractivity contribution in [3.63, 3.8) is 0 Å². The highest BCUT2D eigenvalue weighted by molar-refractivity contribution is 5.90. The van der Waals surface area contributed by atoms with Crippen LogP contribution in [0.4, 0.5) is 0 Å². The molecule has 1 unspecified atom stereocenters. The number of aryl methyl sites for hydroxylation is 1. The van der Waals surface area contributed by atoms with Crippen LogP contribution in [-0.2, 0) is 16.0 Å². The second-order valence-electron chi connectivity index (χ2n) is 5.04. The number of likely N-dealkylation sites (N-methyl/N-ethyl adjacent to an activating group) is 1. The number of nitrogens with zero attached hydrogens (tertiary/aromatic N) is 1. The maximum atomic E-state index is 11.8. The van der Waals surface area contributed by atoms with Crippen LogP contribution in [0.1, 0.15) is 11.1 Å². The number of hydrogen-bond acceptors (Lipinski definition) is 3. The molecule has 5 nitrogen and oxygen atoms in total. The van der Waals surface area contributed by atoms with Crippen molar-refractivity contribution in [3.8, 4) is 0 Å². The summed E-state index contributed by atoms with van der Waals surface area (Å²) in [5, 5.41) is 12.1. The van der Waals surface area contributed by atoms with Crippen LogP contribution in [0.3, 0.4) is 0 Å². The van der Waals surface area contributed by atoms with Gasteiger partial charge in [-0.2, -0.15) is 0 Å². The number of rotatable bonds is 7. The fraction of sp³-hybridized carbons (Fsp3) is 0.375. The van der Waals surface area contributed by atoms with Gasteiger partial charge in [-0.05, 0) is 25.0 Å². The van der Waals surface area contributed by atoms with Crippen molar-refractivity contribution in [1.82, 2.24) is 10.2 Å². The molecule has 114 valence electrons. The SMILES string of the molecule is C=CC(=O)N(C)CC(=O)NC(CO)Cc1ccc(C)cc1. The molecule has 2 N–H and O–H groups in total. The van der Waals surface area contributed by atoms with Crippen molar-refractivity contribution < 1.29 is 14.7 Å². The van der Waals surface area contributed by atoms with Gasteiger partial charge in [0.2, 0.25) is 11.8 Å². The van der Waals surface area contributed by atoms with Crippen LogP contribution < -0.4 is 5.32 Å². The molecule has 0 aromatic heterocycles. The van der Waals surface area contributed by atoms with E-state index in [-0.39, 0.29) is 31.0 Å². The van der Waals surface area contributed by atoms with Gasteiger partial charge in [0.25, 0.3) is 0 Å². The molecule has 0 saturated heterocycles. The lowest BCUT2D eigenvalue weighted by Gasteiger charge is -2.19. The number of aliphatic hydroxyl groups excluding tert-OH is 1. The predicted molar refractivity (Wildman–Crippen MR) is 81.7 cm³/mol. The Morgan fingerprint density at radius 3 is 2.52 bits per heavy atom. The van der Waals surface area contributed by atoms with Gasteiger partial charge in [-0.1, -0.05) is 36.4 Å². The van der Waals surface area contributed by atoms with Crippen molar-refractivity contribution in [2.24, 2.45) is 0 Å². The third-order valence-electron chi connectivity index (χ3n) is 3.12. The van der Waals surface area contributed by atoms with Gasteiger partial charge < -0.3 is 15.3 Å². The Kier molecular flexibility index (Phi) is 6.62. The monoisotopic (exact) mass is 290 g/mol. The molecule has 1 aromatic carbocycles. The Hall–Kier alpha value is -2.14. The number of aliphatic hydroxyl groups is 1. The Bertz CT molecular complexity index is 497. The summed E-state index contributed by atoms with van der Waals surface area (Å²) in [6.07, 6.45) is 1.70. The van der Waals surface area contributed by atoms with Gasteiger partial charge in [0.1, 0.15) is 0 Å². The second kappa shape index (κ2) is 8.21. The lowest BCUT2D eigenvalue weighted by molar-refractivity contribution is -0.131. The minimum absolute atomic E-state index is 0.0603. The lowest BCUT2D eigenvalue weighted by Crippen LogP contribution is -2.44. The van der Waals surface area contributed by atoms with E-state index in [1.807, 2.05) is 31.2 Å². The first-order valence-corrected chi connectivity index (χ1v) is 6.79. The number of carbonyl (C=O) groups is 2. The fourth-order valence-electron chi connectivity index (χ4n) is 1.89. The van der Waals surface area contributed by atoms with E-state index in [4.69, 9.17) is 0 Å². The van der Waals surface area contributed by atoms with Crippen LogP contribution in [-0.4, -0.2) is 48.1 Å². The average Bonchev–Trinajstić information content (AvgIpc) is 2.47.